The lowest BCUT2D eigenvalue weighted by molar-refractivity contribution is -0.111. The van der Waals surface area contributed by atoms with Crippen molar-refractivity contribution in [2.45, 2.75) is 6.92 Å². The predicted molar refractivity (Wildman–Crippen MR) is 115 cm³/mol. The molecule has 1 aromatic heterocycles. The second-order valence-corrected chi connectivity index (χ2v) is 7.12. The first-order chi connectivity index (χ1) is 14.0. The van der Waals surface area contributed by atoms with E-state index >= 15 is 0 Å². The third-order valence-electron chi connectivity index (χ3n) is 4.44. The van der Waals surface area contributed by atoms with Gasteiger partial charge in [0.05, 0.1) is 32.6 Å². The van der Waals surface area contributed by atoms with Crippen molar-refractivity contribution in [1.29, 1.82) is 0 Å². The zero-order valence-electron chi connectivity index (χ0n) is 16.6. The molecule has 0 aliphatic heterocycles. The van der Waals surface area contributed by atoms with Crippen molar-refractivity contribution in [1.82, 2.24) is 0 Å². The van der Waals surface area contributed by atoms with E-state index in [-0.39, 0.29) is 17.2 Å². The summed E-state index contributed by atoms with van der Waals surface area (Å²) in [6.07, 6.45) is 1.51. The first-order valence-electron chi connectivity index (χ1n) is 8.78. The molecule has 29 heavy (non-hydrogen) atoms. The highest BCUT2D eigenvalue weighted by Crippen LogP contribution is 2.34. The molecule has 1 heterocycles. The molecule has 0 atom stereocenters. The van der Waals surface area contributed by atoms with Gasteiger partial charge in [-0.15, -0.1) is 11.3 Å². The molecule has 1 amide bonds. The number of carbonyl (C=O) groups is 2. The molecule has 6 nitrogen and oxygen atoms in total. The molecule has 0 aliphatic rings. The van der Waals surface area contributed by atoms with Gasteiger partial charge in [0, 0.05) is 22.9 Å². The van der Waals surface area contributed by atoms with E-state index in [1.807, 2.05) is 36.6 Å². The standard InChI is InChI=1S/C22H21NO5S/c1-13(16-12-29-20-8-6-5-7-14(16)20)9-21(24)23-17-11-19(27-3)18(26-2)10-15(17)22(25)28-4/h5-12H,1-4H3,(H,23,24). The van der Waals surface area contributed by atoms with Crippen molar-refractivity contribution in [2.24, 2.45) is 0 Å². The van der Waals surface area contributed by atoms with Crippen LogP contribution in [0.4, 0.5) is 5.69 Å². The first-order valence-corrected chi connectivity index (χ1v) is 9.66. The van der Waals surface area contributed by atoms with Gasteiger partial charge in [-0.1, -0.05) is 18.2 Å². The summed E-state index contributed by atoms with van der Waals surface area (Å²) >= 11 is 1.63. The zero-order valence-corrected chi connectivity index (χ0v) is 17.4. The van der Waals surface area contributed by atoms with E-state index in [0.717, 1.165) is 21.2 Å². The van der Waals surface area contributed by atoms with Crippen LogP contribution in [0.1, 0.15) is 22.8 Å². The number of hydrogen-bond acceptors (Lipinski definition) is 6. The van der Waals surface area contributed by atoms with Crippen LogP contribution >= 0.6 is 11.3 Å². The van der Waals surface area contributed by atoms with Gasteiger partial charge in [-0.05, 0) is 34.9 Å². The van der Waals surface area contributed by atoms with Crippen molar-refractivity contribution >= 4 is 44.6 Å². The van der Waals surface area contributed by atoms with Gasteiger partial charge in [0.15, 0.2) is 11.5 Å². The topological polar surface area (TPSA) is 73.9 Å². The van der Waals surface area contributed by atoms with E-state index in [9.17, 15) is 9.59 Å². The molecular weight excluding hydrogens is 390 g/mol. The Hall–Kier alpha value is -3.32. The molecule has 0 spiro atoms. The van der Waals surface area contributed by atoms with Gasteiger partial charge < -0.3 is 19.5 Å². The van der Waals surface area contributed by atoms with Crippen molar-refractivity contribution < 1.29 is 23.8 Å². The maximum Gasteiger partial charge on any atom is 0.340 e. The van der Waals surface area contributed by atoms with E-state index in [1.54, 1.807) is 11.3 Å². The van der Waals surface area contributed by atoms with Crippen LogP contribution in [-0.4, -0.2) is 33.2 Å². The predicted octanol–water partition coefficient (Wildman–Crippen LogP) is 4.75. The number of esters is 1. The average molecular weight is 411 g/mol. The molecule has 3 aromatic rings. The van der Waals surface area contributed by atoms with Crippen LogP contribution in [0, 0.1) is 0 Å². The largest absolute Gasteiger partial charge is 0.493 e. The van der Waals surface area contributed by atoms with Crippen molar-refractivity contribution in [2.75, 3.05) is 26.6 Å². The average Bonchev–Trinajstić information content (AvgIpc) is 3.17. The number of methoxy groups -OCH3 is 3. The number of fused-ring (bicyclic) bond motifs is 1. The fourth-order valence-electron chi connectivity index (χ4n) is 2.99. The number of nitrogens with one attached hydrogen (secondary N) is 1. The van der Waals surface area contributed by atoms with Crippen LogP contribution in [0.5, 0.6) is 11.5 Å². The van der Waals surface area contributed by atoms with E-state index in [1.165, 1.54) is 39.5 Å². The summed E-state index contributed by atoms with van der Waals surface area (Å²) in [7, 11) is 4.22. The Labute approximate surface area is 172 Å². The SMILES string of the molecule is COC(=O)c1cc(OC)c(OC)cc1NC(=O)C=C(C)c1csc2ccccc12. The van der Waals surface area contributed by atoms with Gasteiger partial charge in [0.2, 0.25) is 5.91 Å². The quantitative estimate of drug-likeness (QED) is 0.468. The molecule has 0 bridgehead atoms. The number of amides is 1. The molecule has 0 aliphatic carbocycles. The van der Waals surface area contributed by atoms with Crippen LogP contribution < -0.4 is 14.8 Å². The summed E-state index contributed by atoms with van der Waals surface area (Å²) in [6, 6.07) is 11.0. The summed E-state index contributed by atoms with van der Waals surface area (Å²) in [5.41, 5.74) is 2.27. The maximum atomic E-state index is 12.7. The minimum atomic E-state index is -0.592. The normalized spacial score (nSPS) is 11.2. The Morgan fingerprint density at radius 2 is 1.69 bits per heavy atom. The van der Waals surface area contributed by atoms with Gasteiger partial charge in [0.1, 0.15) is 0 Å². The molecule has 0 saturated carbocycles. The third-order valence-corrected chi connectivity index (χ3v) is 5.40. The second-order valence-electron chi connectivity index (χ2n) is 6.21. The van der Waals surface area contributed by atoms with Gasteiger partial charge in [-0.25, -0.2) is 4.79 Å². The molecule has 3 rings (SSSR count). The van der Waals surface area contributed by atoms with Crippen molar-refractivity contribution in [3.05, 3.63) is 59.0 Å². The van der Waals surface area contributed by atoms with Gasteiger partial charge in [0.25, 0.3) is 0 Å². The monoisotopic (exact) mass is 411 g/mol. The number of hydrogen-bond donors (Lipinski definition) is 1. The Balaban J connectivity index is 1.93. The lowest BCUT2D eigenvalue weighted by Gasteiger charge is -2.14. The van der Waals surface area contributed by atoms with Crippen LogP contribution in [-0.2, 0) is 9.53 Å². The number of ether oxygens (including phenoxy) is 3. The second kappa shape index (κ2) is 8.79. The van der Waals surface area contributed by atoms with Gasteiger partial charge in [-0.2, -0.15) is 0 Å². The summed E-state index contributed by atoms with van der Waals surface area (Å²) in [4.78, 5) is 24.8. The summed E-state index contributed by atoms with van der Waals surface area (Å²) in [5, 5.41) is 5.87. The Morgan fingerprint density at radius 1 is 1.00 bits per heavy atom. The number of anilines is 1. The summed E-state index contributed by atoms with van der Waals surface area (Å²) < 4.78 is 16.5. The van der Waals surface area contributed by atoms with E-state index in [0.29, 0.717) is 11.5 Å². The minimum absolute atomic E-state index is 0.172. The van der Waals surface area contributed by atoms with Gasteiger partial charge in [-0.3, -0.25) is 4.79 Å². The lowest BCUT2D eigenvalue weighted by Crippen LogP contribution is -2.14. The minimum Gasteiger partial charge on any atom is -0.493 e. The number of carbonyl (C=O) groups excluding carboxylic acids is 2. The van der Waals surface area contributed by atoms with E-state index in [4.69, 9.17) is 14.2 Å². The third kappa shape index (κ3) is 4.25. The van der Waals surface area contributed by atoms with Crippen LogP contribution in [0.2, 0.25) is 0 Å². The highest BCUT2D eigenvalue weighted by molar-refractivity contribution is 7.17. The van der Waals surface area contributed by atoms with Crippen LogP contribution in [0.3, 0.4) is 0 Å². The van der Waals surface area contributed by atoms with Crippen LogP contribution in [0.25, 0.3) is 15.7 Å². The molecule has 150 valence electrons. The number of benzene rings is 2. The highest BCUT2D eigenvalue weighted by atomic mass is 32.1. The molecule has 0 saturated heterocycles. The Bertz CT molecular complexity index is 1100. The number of rotatable bonds is 6. The molecular formula is C22H21NO5S. The molecule has 0 radical (unpaired) electrons. The Morgan fingerprint density at radius 3 is 2.38 bits per heavy atom. The van der Waals surface area contributed by atoms with Gasteiger partial charge >= 0.3 is 5.97 Å². The summed E-state index contributed by atoms with van der Waals surface area (Å²) in [5.74, 6) is -0.205. The first kappa shape index (κ1) is 20.4. The Kier molecular flexibility index (Phi) is 6.19. The fourth-order valence-corrected chi connectivity index (χ4v) is 4.01. The molecule has 0 unspecified atom stereocenters. The maximum absolute atomic E-state index is 12.7. The molecule has 2 aromatic carbocycles. The van der Waals surface area contributed by atoms with E-state index in [2.05, 4.69) is 5.32 Å². The van der Waals surface area contributed by atoms with Crippen LogP contribution in [0.15, 0.2) is 47.9 Å². The molecule has 1 N–H and O–H groups in total. The highest BCUT2D eigenvalue weighted by Gasteiger charge is 2.19. The molecule has 0 fully saturated rings. The zero-order chi connectivity index (χ0) is 21.0. The van der Waals surface area contributed by atoms with E-state index < -0.39 is 5.97 Å². The lowest BCUT2D eigenvalue weighted by atomic mass is 10.1. The smallest absolute Gasteiger partial charge is 0.340 e. The van der Waals surface area contributed by atoms with Crippen molar-refractivity contribution in [3.8, 4) is 11.5 Å². The molecule has 7 heteroatoms. The van der Waals surface area contributed by atoms with Crippen molar-refractivity contribution in [3.63, 3.8) is 0 Å². The number of thiophene rings is 1. The summed E-state index contributed by atoms with van der Waals surface area (Å²) in [6.45, 7) is 1.88. The number of allylic oxidation sites excluding steroid dienone is 1. The fraction of sp³-hybridized carbons (Fsp3) is 0.182.